The minimum absolute atomic E-state index is 0.233. The highest BCUT2D eigenvalue weighted by molar-refractivity contribution is 7.80. The molecule has 0 radical (unpaired) electrons. The maximum atomic E-state index is 13.0. The van der Waals surface area contributed by atoms with Gasteiger partial charge in [-0.3, -0.25) is 0 Å². The zero-order chi connectivity index (χ0) is 12.3. The lowest BCUT2D eigenvalue weighted by atomic mass is 10.1. The molecule has 0 aliphatic carbocycles. The van der Waals surface area contributed by atoms with Crippen LogP contribution in [0.25, 0.3) is 0 Å². The second kappa shape index (κ2) is 4.92. The Bertz CT molecular complexity index is 369. The van der Waals surface area contributed by atoms with Crippen molar-refractivity contribution in [3.05, 3.63) is 29.6 Å². The predicted molar refractivity (Wildman–Crippen MR) is 53.9 cm³/mol. The first-order chi connectivity index (χ1) is 7.33. The summed E-state index contributed by atoms with van der Waals surface area (Å²) in [5.74, 6) is -1.74. The van der Waals surface area contributed by atoms with Crippen LogP contribution in [-0.2, 0) is 0 Å². The first kappa shape index (κ1) is 13.1. The van der Waals surface area contributed by atoms with Gasteiger partial charge in [-0.2, -0.15) is 12.6 Å². The highest BCUT2D eigenvalue weighted by atomic mass is 32.1. The van der Waals surface area contributed by atoms with E-state index in [2.05, 4.69) is 17.4 Å². The van der Waals surface area contributed by atoms with Gasteiger partial charge in [0.1, 0.15) is 0 Å². The molecule has 16 heavy (non-hydrogen) atoms. The Kier molecular flexibility index (Phi) is 4.03. The first-order valence-electron chi connectivity index (χ1n) is 4.25. The maximum absolute atomic E-state index is 13.0. The van der Waals surface area contributed by atoms with Gasteiger partial charge in [0.15, 0.2) is 11.6 Å². The molecular formula is C9H9F4NOS. The van der Waals surface area contributed by atoms with E-state index in [-0.39, 0.29) is 5.75 Å². The van der Waals surface area contributed by atoms with Crippen molar-refractivity contribution in [2.24, 2.45) is 5.73 Å². The van der Waals surface area contributed by atoms with E-state index < -0.39 is 24.0 Å². The number of thiol groups is 1. The molecule has 0 saturated heterocycles. The molecule has 1 unspecified atom stereocenters. The van der Waals surface area contributed by atoms with Gasteiger partial charge in [0.05, 0.1) is 0 Å². The number of benzene rings is 1. The van der Waals surface area contributed by atoms with Crippen LogP contribution in [0.1, 0.15) is 11.6 Å². The summed E-state index contributed by atoms with van der Waals surface area (Å²) >= 11 is 3.89. The lowest BCUT2D eigenvalue weighted by molar-refractivity contribution is -0.275. The normalized spacial score (nSPS) is 13.6. The van der Waals surface area contributed by atoms with Gasteiger partial charge >= 0.3 is 6.36 Å². The molecule has 1 aromatic carbocycles. The smallest absolute Gasteiger partial charge is 0.403 e. The largest absolute Gasteiger partial charge is 0.573 e. The number of ether oxygens (including phenoxy) is 1. The number of halogens is 4. The zero-order valence-electron chi connectivity index (χ0n) is 7.96. The molecule has 0 aliphatic heterocycles. The van der Waals surface area contributed by atoms with Crippen LogP contribution in [0.5, 0.6) is 5.75 Å². The van der Waals surface area contributed by atoms with Gasteiger partial charge in [-0.1, -0.05) is 6.07 Å². The van der Waals surface area contributed by atoms with Crippen molar-refractivity contribution in [3.63, 3.8) is 0 Å². The summed E-state index contributed by atoms with van der Waals surface area (Å²) in [5.41, 5.74) is 5.87. The van der Waals surface area contributed by atoms with Crippen molar-refractivity contribution in [2.75, 3.05) is 5.75 Å². The van der Waals surface area contributed by atoms with Crippen molar-refractivity contribution >= 4 is 12.6 Å². The molecule has 0 heterocycles. The third kappa shape index (κ3) is 3.57. The Morgan fingerprint density at radius 1 is 1.38 bits per heavy atom. The van der Waals surface area contributed by atoms with Gasteiger partial charge in [-0.25, -0.2) is 4.39 Å². The Morgan fingerprint density at radius 2 is 2.00 bits per heavy atom. The second-order valence-corrected chi connectivity index (χ2v) is 3.39. The van der Waals surface area contributed by atoms with Gasteiger partial charge in [0.25, 0.3) is 0 Å². The Morgan fingerprint density at radius 3 is 2.50 bits per heavy atom. The third-order valence-electron chi connectivity index (χ3n) is 1.81. The topological polar surface area (TPSA) is 35.2 Å². The van der Waals surface area contributed by atoms with Crippen LogP contribution in [0.3, 0.4) is 0 Å². The average Bonchev–Trinajstić information content (AvgIpc) is 2.18. The maximum Gasteiger partial charge on any atom is 0.573 e. The van der Waals surface area contributed by atoms with Gasteiger partial charge < -0.3 is 10.5 Å². The van der Waals surface area contributed by atoms with Crippen LogP contribution in [0.15, 0.2) is 18.2 Å². The fourth-order valence-electron chi connectivity index (χ4n) is 1.06. The fraction of sp³-hybridized carbons (Fsp3) is 0.333. The van der Waals surface area contributed by atoms with Crippen LogP contribution in [0.4, 0.5) is 17.6 Å². The molecule has 0 spiro atoms. The van der Waals surface area contributed by atoms with Crippen molar-refractivity contribution in [1.82, 2.24) is 0 Å². The molecule has 1 rings (SSSR count). The van der Waals surface area contributed by atoms with E-state index in [1.54, 1.807) is 0 Å². The monoisotopic (exact) mass is 255 g/mol. The van der Waals surface area contributed by atoms with E-state index in [4.69, 9.17) is 5.73 Å². The number of nitrogens with two attached hydrogens (primary N) is 1. The number of alkyl halides is 3. The van der Waals surface area contributed by atoms with Gasteiger partial charge in [0.2, 0.25) is 0 Å². The molecular weight excluding hydrogens is 246 g/mol. The average molecular weight is 255 g/mol. The summed E-state index contributed by atoms with van der Waals surface area (Å²) in [6.45, 7) is 0. The molecule has 7 heteroatoms. The van der Waals surface area contributed by atoms with Crippen molar-refractivity contribution in [3.8, 4) is 5.75 Å². The second-order valence-electron chi connectivity index (χ2n) is 3.03. The van der Waals surface area contributed by atoms with E-state index in [0.29, 0.717) is 5.56 Å². The van der Waals surface area contributed by atoms with E-state index in [9.17, 15) is 17.6 Å². The molecule has 2 nitrogen and oxygen atoms in total. The van der Waals surface area contributed by atoms with E-state index >= 15 is 0 Å². The molecule has 1 aromatic rings. The summed E-state index contributed by atoms with van der Waals surface area (Å²) in [6.07, 6.45) is -4.93. The van der Waals surface area contributed by atoms with Gasteiger partial charge in [-0.05, 0) is 17.7 Å². The van der Waals surface area contributed by atoms with Crippen LogP contribution >= 0.6 is 12.6 Å². The molecule has 0 amide bonds. The molecule has 90 valence electrons. The minimum atomic E-state index is -4.93. The third-order valence-corrected chi connectivity index (χ3v) is 2.20. The number of hydrogen-bond acceptors (Lipinski definition) is 3. The van der Waals surface area contributed by atoms with Crippen molar-refractivity contribution < 1.29 is 22.3 Å². The first-order valence-corrected chi connectivity index (χ1v) is 4.88. The SMILES string of the molecule is NC(CS)c1ccc(F)c(OC(F)(F)F)c1. The molecule has 0 bridgehead atoms. The van der Waals surface area contributed by atoms with Crippen LogP contribution in [0.2, 0.25) is 0 Å². The summed E-state index contributed by atoms with van der Waals surface area (Å²) in [4.78, 5) is 0. The lowest BCUT2D eigenvalue weighted by Crippen LogP contribution is -2.19. The zero-order valence-corrected chi connectivity index (χ0v) is 8.86. The molecule has 1 atom stereocenters. The molecule has 0 saturated carbocycles. The summed E-state index contributed by atoms with van der Waals surface area (Å²) in [7, 11) is 0. The van der Waals surface area contributed by atoms with Crippen molar-refractivity contribution in [2.45, 2.75) is 12.4 Å². The fourth-order valence-corrected chi connectivity index (χ4v) is 1.27. The van der Waals surface area contributed by atoms with Crippen LogP contribution < -0.4 is 10.5 Å². The summed E-state index contributed by atoms with van der Waals surface area (Å²) in [6, 6.07) is 2.52. The van der Waals surface area contributed by atoms with Crippen LogP contribution in [-0.4, -0.2) is 12.1 Å². The highest BCUT2D eigenvalue weighted by Gasteiger charge is 2.32. The number of rotatable bonds is 3. The van der Waals surface area contributed by atoms with Gasteiger partial charge in [-0.15, -0.1) is 13.2 Å². The lowest BCUT2D eigenvalue weighted by Gasteiger charge is -2.13. The molecule has 2 N–H and O–H groups in total. The number of hydrogen-bond donors (Lipinski definition) is 2. The Hall–Kier alpha value is -0.950. The van der Waals surface area contributed by atoms with E-state index in [1.165, 1.54) is 6.07 Å². The summed E-state index contributed by atoms with van der Waals surface area (Å²) < 4.78 is 52.2. The molecule has 0 fully saturated rings. The Balaban J connectivity index is 2.99. The summed E-state index contributed by atoms with van der Waals surface area (Å²) in [5, 5.41) is 0. The van der Waals surface area contributed by atoms with Crippen molar-refractivity contribution in [1.29, 1.82) is 0 Å². The van der Waals surface area contributed by atoms with E-state index in [0.717, 1.165) is 12.1 Å². The molecule has 0 aromatic heterocycles. The van der Waals surface area contributed by atoms with Crippen LogP contribution in [0, 0.1) is 5.82 Å². The quantitative estimate of drug-likeness (QED) is 0.643. The standard InChI is InChI=1S/C9H9F4NOS/c10-6-2-1-5(7(14)4-16)3-8(6)15-9(11,12)13/h1-3,7,16H,4,14H2. The van der Waals surface area contributed by atoms with E-state index in [1.807, 2.05) is 0 Å². The van der Waals surface area contributed by atoms with Gasteiger partial charge in [0, 0.05) is 11.8 Å². The Labute approximate surface area is 94.8 Å². The highest BCUT2D eigenvalue weighted by Crippen LogP contribution is 2.28. The molecule has 0 aliphatic rings. The predicted octanol–water partition coefficient (Wildman–Crippen LogP) is 2.65. The minimum Gasteiger partial charge on any atom is -0.403 e.